The molecule has 0 aromatic heterocycles. The van der Waals surface area contributed by atoms with E-state index in [4.69, 9.17) is 5.11 Å². The molecule has 1 aromatic rings. The van der Waals surface area contributed by atoms with Gasteiger partial charge in [-0.2, -0.15) is 0 Å². The summed E-state index contributed by atoms with van der Waals surface area (Å²) in [5.74, 6) is 5.11. The first-order valence-electron chi connectivity index (χ1n) is 5.98. The van der Waals surface area contributed by atoms with Gasteiger partial charge in [0.2, 0.25) is 0 Å². The Kier molecular flexibility index (Phi) is 5.29. The molecule has 2 heteroatoms. The fourth-order valence-electron chi connectivity index (χ4n) is 1.68. The van der Waals surface area contributed by atoms with Crippen molar-refractivity contribution >= 4 is 5.97 Å². The van der Waals surface area contributed by atoms with E-state index in [1.807, 2.05) is 6.07 Å². The van der Waals surface area contributed by atoms with E-state index >= 15 is 0 Å². The first kappa shape index (κ1) is 13.3. The van der Waals surface area contributed by atoms with Crippen LogP contribution in [0.25, 0.3) is 0 Å². The molecular weight excluding hydrogens is 212 g/mol. The molecule has 0 unspecified atom stereocenters. The summed E-state index contributed by atoms with van der Waals surface area (Å²) in [4.78, 5) is 11.1. The normalized spacial score (nSPS) is 9.53. The van der Waals surface area contributed by atoms with Crippen LogP contribution in [0.15, 0.2) is 18.2 Å². The van der Waals surface area contributed by atoms with E-state index in [0.29, 0.717) is 11.1 Å². The number of aromatic carboxylic acids is 1. The Hall–Kier alpha value is -1.75. The summed E-state index contributed by atoms with van der Waals surface area (Å²) in [6, 6.07) is 5.41. The van der Waals surface area contributed by atoms with E-state index in [1.165, 1.54) is 12.8 Å². The van der Waals surface area contributed by atoms with Gasteiger partial charge in [-0.25, -0.2) is 4.79 Å². The van der Waals surface area contributed by atoms with Gasteiger partial charge in [0.1, 0.15) is 0 Å². The summed E-state index contributed by atoms with van der Waals surface area (Å²) in [6.07, 6.45) is 4.26. The molecular formula is C15H18O2. The molecule has 1 rings (SSSR count). The summed E-state index contributed by atoms with van der Waals surface area (Å²) >= 11 is 0. The topological polar surface area (TPSA) is 37.3 Å². The van der Waals surface area contributed by atoms with Crippen molar-refractivity contribution in [3.63, 3.8) is 0 Å². The van der Waals surface area contributed by atoms with Crippen LogP contribution in [-0.4, -0.2) is 11.1 Å². The number of carboxylic acids is 1. The molecule has 1 N–H and O–H groups in total. The van der Waals surface area contributed by atoms with Crippen molar-refractivity contribution in [1.82, 2.24) is 0 Å². The molecule has 0 bridgehead atoms. The number of rotatable bonds is 4. The SMILES string of the molecule is CCCCCC#Cc1cccc(C)c1C(=O)O. The lowest BCUT2D eigenvalue weighted by molar-refractivity contribution is 0.0696. The molecule has 0 heterocycles. The average Bonchev–Trinajstić information content (AvgIpc) is 2.28. The maximum Gasteiger partial charge on any atom is 0.337 e. The van der Waals surface area contributed by atoms with E-state index in [1.54, 1.807) is 19.1 Å². The minimum Gasteiger partial charge on any atom is -0.478 e. The zero-order chi connectivity index (χ0) is 12.7. The van der Waals surface area contributed by atoms with Crippen molar-refractivity contribution in [1.29, 1.82) is 0 Å². The minimum atomic E-state index is -0.902. The molecule has 0 aliphatic carbocycles. The van der Waals surface area contributed by atoms with Crippen LogP contribution in [0.3, 0.4) is 0 Å². The Morgan fingerprint density at radius 2 is 2.12 bits per heavy atom. The Morgan fingerprint density at radius 1 is 1.35 bits per heavy atom. The Morgan fingerprint density at radius 3 is 2.76 bits per heavy atom. The lowest BCUT2D eigenvalue weighted by Crippen LogP contribution is -2.02. The molecule has 0 aliphatic heterocycles. The van der Waals surface area contributed by atoms with Gasteiger partial charge in [-0.1, -0.05) is 43.7 Å². The number of unbranched alkanes of at least 4 members (excludes halogenated alkanes) is 3. The van der Waals surface area contributed by atoms with Crippen molar-refractivity contribution in [2.45, 2.75) is 39.5 Å². The van der Waals surface area contributed by atoms with Gasteiger partial charge >= 0.3 is 5.97 Å². The molecule has 17 heavy (non-hydrogen) atoms. The zero-order valence-corrected chi connectivity index (χ0v) is 10.4. The van der Waals surface area contributed by atoms with Gasteiger partial charge in [-0.3, -0.25) is 0 Å². The Bertz CT molecular complexity index is 450. The third kappa shape index (κ3) is 3.96. The van der Waals surface area contributed by atoms with Crippen molar-refractivity contribution in [2.75, 3.05) is 0 Å². The minimum absolute atomic E-state index is 0.329. The lowest BCUT2D eigenvalue weighted by Gasteiger charge is -2.02. The molecule has 2 nitrogen and oxygen atoms in total. The van der Waals surface area contributed by atoms with Gasteiger partial charge in [0.15, 0.2) is 0 Å². The third-order valence-corrected chi connectivity index (χ3v) is 2.62. The highest BCUT2D eigenvalue weighted by Gasteiger charge is 2.10. The second-order valence-electron chi connectivity index (χ2n) is 4.06. The Labute approximate surface area is 103 Å². The molecule has 90 valence electrons. The van der Waals surface area contributed by atoms with E-state index in [0.717, 1.165) is 18.4 Å². The molecule has 0 saturated carbocycles. The summed E-state index contributed by atoms with van der Waals surface area (Å²) in [5, 5.41) is 9.12. The number of carbonyl (C=O) groups is 1. The number of benzene rings is 1. The summed E-state index contributed by atoms with van der Waals surface area (Å²) in [6.45, 7) is 3.95. The maximum atomic E-state index is 11.1. The van der Waals surface area contributed by atoms with Crippen molar-refractivity contribution in [3.8, 4) is 11.8 Å². The molecule has 0 spiro atoms. The zero-order valence-electron chi connectivity index (χ0n) is 10.4. The highest BCUT2D eigenvalue weighted by atomic mass is 16.4. The summed E-state index contributed by atoms with van der Waals surface area (Å²) < 4.78 is 0. The van der Waals surface area contributed by atoms with Gasteiger partial charge in [0.05, 0.1) is 5.56 Å². The molecule has 0 aliphatic rings. The van der Waals surface area contributed by atoms with E-state index in [9.17, 15) is 4.79 Å². The van der Waals surface area contributed by atoms with Crippen LogP contribution in [0, 0.1) is 18.8 Å². The molecule has 0 fully saturated rings. The van der Waals surface area contributed by atoms with Crippen LogP contribution in [0.5, 0.6) is 0 Å². The van der Waals surface area contributed by atoms with Crippen molar-refractivity contribution in [2.24, 2.45) is 0 Å². The smallest absolute Gasteiger partial charge is 0.337 e. The molecule has 0 saturated heterocycles. The van der Waals surface area contributed by atoms with Gasteiger partial charge in [-0.05, 0) is 25.0 Å². The van der Waals surface area contributed by atoms with E-state index < -0.39 is 5.97 Å². The second kappa shape index (κ2) is 6.75. The second-order valence-corrected chi connectivity index (χ2v) is 4.06. The first-order valence-corrected chi connectivity index (χ1v) is 5.98. The van der Waals surface area contributed by atoms with Crippen LogP contribution in [0.2, 0.25) is 0 Å². The van der Waals surface area contributed by atoms with Crippen LogP contribution in [0.4, 0.5) is 0 Å². The van der Waals surface area contributed by atoms with Gasteiger partial charge < -0.3 is 5.11 Å². The highest BCUT2D eigenvalue weighted by molar-refractivity contribution is 5.92. The molecule has 0 radical (unpaired) electrons. The number of hydrogen-bond acceptors (Lipinski definition) is 1. The number of hydrogen-bond donors (Lipinski definition) is 1. The van der Waals surface area contributed by atoms with Crippen molar-refractivity contribution < 1.29 is 9.90 Å². The van der Waals surface area contributed by atoms with Crippen molar-refractivity contribution in [3.05, 3.63) is 34.9 Å². The highest BCUT2D eigenvalue weighted by Crippen LogP contribution is 2.13. The largest absolute Gasteiger partial charge is 0.478 e. The predicted molar refractivity (Wildman–Crippen MR) is 69.2 cm³/mol. The molecule has 1 aromatic carbocycles. The summed E-state index contributed by atoms with van der Waals surface area (Å²) in [7, 11) is 0. The van der Waals surface area contributed by atoms with Crippen LogP contribution >= 0.6 is 0 Å². The van der Waals surface area contributed by atoms with Crippen LogP contribution in [-0.2, 0) is 0 Å². The monoisotopic (exact) mass is 230 g/mol. The number of aryl methyl sites for hydroxylation is 1. The van der Waals surface area contributed by atoms with E-state index in [2.05, 4.69) is 18.8 Å². The summed E-state index contributed by atoms with van der Waals surface area (Å²) in [5.41, 5.74) is 1.71. The predicted octanol–water partition coefficient (Wildman–Crippen LogP) is 3.63. The van der Waals surface area contributed by atoms with Crippen LogP contribution in [0.1, 0.15) is 54.1 Å². The van der Waals surface area contributed by atoms with Gasteiger partial charge in [-0.15, -0.1) is 0 Å². The average molecular weight is 230 g/mol. The maximum absolute atomic E-state index is 11.1. The third-order valence-electron chi connectivity index (χ3n) is 2.62. The number of carboxylic acid groups (broad SMARTS) is 1. The standard InChI is InChI=1S/C15H18O2/c1-3-4-5-6-7-10-13-11-8-9-12(2)14(13)15(16)17/h8-9,11H,3-6H2,1-2H3,(H,16,17). The fraction of sp³-hybridized carbons (Fsp3) is 0.400. The first-order chi connectivity index (χ1) is 8.16. The van der Waals surface area contributed by atoms with Gasteiger partial charge in [0, 0.05) is 12.0 Å². The Balaban J connectivity index is 2.83. The lowest BCUT2D eigenvalue weighted by atomic mass is 10.0. The van der Waals surface area contributed by atoms with Crippen LogP contribution < -0.4 is 0 Å². The fourth-order valence-corrected chi connectivity index (χ4v) is 1.68. The van der Waals surface area contributed by atoms with E-state index in [-0.39, 0.29) is 0 Å². The molecule has 0 atom stereocenters. The van der Waals surface area contributed by atoms with Gasteiger partial charge in [0.25, 0.3) is 0 Å². The molecule has 0 amide bonds. The quantitative estimate of drug-likeness (QED) is 0.633.